The molecule has 0 radical (unpaired) electrons. The van der Waals surface area contributed by atoms with Gasteiger partial charge in [0.25, 0.3) is 0 Å². The summed E-state index contributed by atoms with van der Waals surface area (Å²) in [6.45, 7) is 1.38. The second-order valence-corrected chi connectivity index (χ2v) is 10.2. The molecule has 3 fully saturated rings. The fraction of sp³-hybridized carbons (Fsp3) is 0.444. The van der Waals surface area contributed by atoms with Crippen LogP contribution in [-0.2, 0) is 19.1 Å². The van der Waals surface area contributed by atoms with Crippen molar-refractivity contribution in [2.75, 3.05) is 32.9 Å². The first-order valence-electron chi connectivity index (χ1n) is 12.2. The molecule has 35 heavy (non-hydrogen) atoms. The van der Waals surface area contributed by atoms with E-state index in [2.05, 4.69) is 29.6 Å². The zero-order chi connectivity index (χ0) is 24.2. The number of carbonyl (C=O) groups excluding carboxylic acids is 2. The average Bonchev–Trinajstić information content (AvgIpc) is 3.42. The van der Waals surface area contributed by atoms with Crippen LogP contribution in [0, 0.1) is 11.3 Å². The van der Waals surface area contributed by atoms with E-state index < -0.39 is 23.0 Å². The van der Waals surface area contributed by atoms with E-state index >= 15 is 0 Å². The van der Waals surface area contributed by atoms with Crippen molar-refractivity contribution >= 4 is 18.0 Å². The Labute approximate surface area is 203 Å². The van der Waals surface area contributed by atoms with Crippen molar-refractivity contribution in [1.82, 2.24) is 10.2 Å². The third-order valence-electron chi connectivity index (χ3n) is 8.26. The number of benzene rings is 2. The number of carboxylic acid groups (broad SMARTS) is 1. The first-order valence-corrected chi connectivity index (χ1v) is 12.2. The Morgan fingerprint density at radius 1 is 1.03 bits per heavy atom. The topological polar surface area (TPSA) is 105 Å². The smallest absolute Gasteiger partial charge is 0.408 e. The zero-order valence-electron chi connectivity index (χ0n) is 19.4. The number of nitrogens with one attached hydrogen (secondary N) is 1. The van der Waals surface area contributed by atoms with Crippen LogP contribution in [0.15, 0.2) is 48.5 Å². The predicted molar refractivity (Wildman–Crippen MR) is 126 cm³/mol. The fourth-order valence-electron chi connectivity index (χ4n) is 6.10. The van der Waals surface area contributed by atoms with Gasteiger partial charge in [-0.1, -0.05) is 48.5 Å². The Balaban J connectivity index is 1.12. The lowest BCUT2D eigenvalue weighted by atomic mass is 9.74. The summed E-state index contributed by atoms with van der Waals surface area (Å²) in [6.07, 6.45) is 0.816. The van der Waals surface area contributed by atoms with E-state index in [0.29, 0.717) is 39.0 Å². The van der Waals surface area contributed by atoms with Crippen LogP contribution in [-0.4, -0.2) is 66.4 Å². The van der Waals surface area contributed by atoms with Crippen molar-refractivity contribution in [2.24, 2.45) is 11.3 Å². The molecule has 6 rings (SSSR count). The largest absolute Gasteiger partial charge is 0.481 e. The number of carbonyl (C=O) groups is 3. The standard InChI is InChI=1S/C27H28N2O6/c30-23(29-13-17-14-34-12-11-26(17,16-29)24(31)32)27(9-10-27)28-25(33)35-15-22-20-7-3-1-5-18(20)19-6-2-4-8-21(19)22/h1-8,17,22H,9-16H2,(H,28,33)(H,31,32). The van der Waals surface area contributed by atoms with Crippen LogP contribution < -0.4 is 5.32 Å². The maximum atomic E-state index is 13.4. The van der Waals surface area contributed by atoms with E-state index in [1.807, 2.05) is 24.3 Å². The summed E-state index contributed by atoms with van der Waals surface area (Å²) in [7, 11) is 0. The van der Waals surface area contributed by atoms with Crippen molar-refractivity contribution in [2.45, 2.75) is 30.7 Å². The maximum Gasteiger partial charge on any atom is 0.408 e. The van der Waals surface area contributed by atoms with Crippen molar-refractivity contribution in [3.63, 3.8) is 0 Å². The molecular weight excluding hydrogens is 448 g/mol. The number of ether oxygens (including phenoxy) is 2. The average molecular weight is 477 g/mol. The van der Waals surface area contributed by atoms with Gasteiger partial charge in [0.2, 0.25) is 5.91 Å². The summed E-state index contributed by atoms with van der Waals surface area (Å²) in [4.78, 5) is 39.9. The minimum absolute atomic E-state index is 0.0591. The van der Waals surface area contributed by atoms with Gasteiger partial charge in [-0.15, -0.1) is 0 Å². The number of aliphatic carboxylic acids is 1. The molecule has 2 amide bonds. The highest BCUT2D eigenvalue weighted by Crippen LogP contribution is 2.47. The number of fused-ring (bicyclic) bond motifs is 4. The summed E-state index contributed by atoms with van der Waals surface area (Å²) in [5.41, 5.74) is 2.58. The zero-order valence-corrected chi connectivity index (χ0v) is 19.4. The van der Waals surface area contributed by atoms with Crippen LogP contribution in [0.25, 0.3) is 11.1 Å². The van der Waals surface area contributed by atoms with Crippen LogP contribution in [0.2, 0.25) is 0 Å². The lowest BCUT2D eigenvalue weighted by molar-refractivity contribution is -0.157. The van der Waals surface area contributed by atoms with Crippen molar-refractivity contribution < 1.29 is 29.0 Å². The molecule has 1 saturated carbocycles. The van der Waals surface area contributed by atoms with Gasteiger partial charge in [0.05, 0.1) is 12.0 Å². The Bertz CT molecular complexity index is 1160. The summed E-state index contributed by atoms with van der Waals surface area (Å²) in [5.74, 6) is -1.39. The second-order valence-electron chi connectivity index (χ2n) is 10.2. The predicted octanol–water partition coefficient (Wildman–Crippen LogP) is 3.01. The van der Waals surface area contributed by atoms with Crippen LogP contribution in [0.4, 0.5) is 4.79 Å². The fourth-order valence-corrected chi connectivity index (χ4v) is 6.10. The van der Waals surface area contributed by atoms with E-state index in [1.165, 1.54) is 0 Å². The molecule has 8 nitrogen and oxygen atoms in total. The molecule has 4 aliphatic rings. The lowest BCUT2D eigenvalue weighted by Gasteiger charge is -2.34. The Morgan fingerprint density at radius 2 is 1.69 bits per heavy atom. The monoisotopic (exact) mass is 476 g/mol. The minimum atomic E-state index is -1.00. The van der Waals surface area contributed by atoms with Crippen LogP contribution in [0.3, 0.4) is 0 Å². The van der Waals surface area contributed by atoms with Crippen LogP contribution in [0.1, 0.15) is 36.3 Å². The molecule has 2 aliphatic carbocycles. The molecule has 0 spiro atoms. The first-order chi connectivity index (χ1) is 16.9. The molecule has 182 valence electrons. The molecule has 2 aliphatic heterocycles. The molecular formula is C27H28N2O6. The van der Waals surface area contributed by atoms with Gasteiger partial charge in [-0.2, -0.15) is 0 Å². The quantitative estimate of drug-likeness (QED) is 0.688. The number of carboxylic acids is 1. The number of hydrogen-bond donors (Lipinski definition) is 2. The van der Waals surface area contributed by atoms with Crippen molar-refractivity contribution in [1.29, 1.82) is 0 Å². The summed E-state index contributed by atoms with van der Waals surface area (Å²) in [5, 5.41) is 12.7. The van der Waals surface area contributed by atoms with E-state index in [4.69, 9.17) is 9.47 Å². The van der Waals surface area contributed by atoms with Gasteiger partial charge in [-0.25, -0.2) is 4.79 Å². The Morgan fingerprint density at radius 3 is 2.29 bits per heavy atom. The highest BCUT2D eigenvalue weighted by Gasteiger charge is 2.60. The summed E-state index contributed by atoms with van der Waals surface area (Å²) in [6, 6.07) is 16.2. The third-order valence-corrected chi connectivity index (χ3v) is 8.26. The molecule has 2 heterocycles. The SMILES string of the molecule is O=C(NC1(C(=O)N2CC3COCCC3(C(=O)O)C2)CC1)OCC1c2ccccc2-c2ccccc21. The van der Waals surface area contributed by atoms with Gasteiger partial charge in [-0.3, -0.25) is 9.59 Å². The van der Waals surface area contributed by atoms with Crippen molar-refractivity contribution in [3.05, 3.63) is 59.7 Å². The number of alkyl carbamates (subject to hydrolysis) is 1. The Hall–Kier alpha value is -3.39. The molecule has 2 aromatic carbocycles. The molecule has 2 saturated heterocycles. The van der Waals surface area contributed by atoms with Crippen LogP contribution >= 0.6 is 0 Å². The molecule has 2 atom stereocenters. The van der Waals surface area contributed by atoms with E-state index in [1.54, 1.807) is 4.90 Å². The first kappa shape index (κ1) is 22.1. The molecule has 8 heteroatoms. The minimum Gasteiger partial charge on any atom is -0.481 e. The highest BCUT2D eigenvalue weighted by molar-refractivity contribution is 5.94. The number of likely N-dealkylation sites (tertiary alicyclic amines) is 1. The molecule has 2 unspecified atom stereocenters. The third kappa shape index (κ3) is 3.50. The summed E-state index contributed by atoms with van der Waals surface area (Å²) < 4.78 is 11.1. The number of nitrogens with zero attached hydrogens (tertiary/aromatic N) is 1. The molecule has 2 aromatic rings. The highest BCUT2D eigenvalue weighted by atomic mass is 16.5. The van der Waals surface area contributed by atoms with E-state index in [9.17, 15) is 19.5 Å². The maximum absolute atomic E-state index is 13.4. The van der Waals surface area contributed by atoms with Gasteiger partial charge in [-0.05, 0) is 41.5 Å². The van der Waals surface area contributed by atoms with Gasteiger partial charge < -0.3 is 24.8 Å². The van der Waals surface area contributed by atoms with Crippen LogP contribution in [0.5, 0.6) is 0 Å². The van der Waals surface area contributed by atoms with Gasteiger partial charge in [0, 0.05) is 31.5 Å². The van der Waals surface area contributed by atoms with Gasteiger partial charge >= 0.3 is 12.1 Å². The van der Waals surface area contributed by atoms with Gasteiger partial charge in [0.15, 0.2) is 0 Å². The summed E-state index contributed by atoms with van der Waals surface area (Å²) >= 11 is 0. The lowest BCUT2D eigenvalue weighted by Crippen LogP contribution is -2.51. The normalized spacial score (nSPS) is 25.8. The molecule has 0 bridgehead atoms. The number of amides is 2. The number of rotatable bonds is 5. The van der Waals surface area contributed by atoms with E-state index in [0.717, 1.165) is 22.3 Å². The molecule has 0 aromatic heterocycles. The number of hydrogen-bond acceptors (Lipinski definition) is 5. The van der Waals surface area contributed by atoms with Crippen molar-refractivity contribution in [3.8, 4) is 11.1 Å². The Kier molecular flexibility index (Phi) is 5.11. The van der Waals surface area contributed by atoms with E-state index in [-0.39, 0.29) is 30.9 Å². The van der Waals surface area contributed by atoms with Gasteiger partial charge in [0.1, 0.15) is 12.1 Å². The second kappa shape index (κ2) is 8.09. The molecule has 2 N–H and O–H groups in total.